The van der Waals surface area contributed by atoms with Gasteiger partial charge in [0.05, 0.1) is 17.9 Å². The molecule has 1 amide bonds. The normalized spacial score (nSPS) is 16.1. The number of sulfonamides is 1. The molecular formula is C34H46FN5O3S. The number of likely N-dealkylation sites (N-methyl/N-ethyl adjacent to an activating group) is 1. The number of hydrogen-bond acceptors (Lipinski definition) is 6. The Morgan fingerprint density at radius 1 is 1.07 bits per heavy atom. The van der Waals surface area contributed by atoms with E-state index in [0.29, 0.717) is 5.56 Å². The van der Waals surface area contributed by atoms with Gasteiger partial charge in [-0.2, -0.15) is 0 Å². The average molecular weight is 624 g/mol. The van der Waals surface area contributed by atoms with Crippen LogP contribution in [0.1, 0.15) is 68.8 Å². The molecule has 238 valence electrons. The van der Waals surface area contributed by atoms with Gasteiger partial charge in [-0.15, -0.1) is 0 Å². The minimum atomic E-state index is -3.62. The van der Waals surface area contributed by atoms with Gasteiger partial charge in [0.2, 0.25) is 15.9 Å². The summed E-state index contributed by atoms with van der Waals surface area (Å²) in [4.78, 5) is 23.0. The fourth-order valence-electron chi connectivity index (χ4n) is 5.77. The predicted octanol–water partition coefficient (Wildman–Crippen LogP) is 5.45. The maximum absolute atomic E-state index is 14.6. The molecule has 1 atom stereocenters. The Balaban J connectivity index is 1.51. The first-order valence-electron chi connectivity index (χ1n) is 15.1. The van der Waals surface area contributed by atoms with Gasteiger partial charge in [-0.05, 0) is 69.6 Å². The summed E-state index contributed by atoms with van der Waals surface area (Å²) in [5, 5.41) is 3.03. The molecular weight excluding hydrogens is 577 g/mol. The average Bonchev–Trinajstić information content (AvgIpc) is 2.96. The second-order valence-corrected chi connectivity index (χ2v) is 15.0. The second-order valence-electron chi connectivity index (χ2n) is 13.3. The first-order valence-corrected chi connectivity index (χ1v) is 17.0. The second kappa shape index (κ2) is 13.2. The first-order chi connectivity index (χ1) is 20.6. The van der Waals surface area contributed by atoms with Gasteiger partial charge in [0.1, 0.15) is 11.6 Å². The Morgan fingerprint density at radius 3 is 2.30 bits per heavy atom. The molecule has 1 aliphatic rings. The van der Waals surface area contributed by atoms with Gasteiger partial charge in [-0.25, -0.2) is 17.8 Å². The number of pyridine rings is 1. The highest BCUT2D eigenvalue weighted by atomic mass is 32.2. The highest BCUT2D eigenvalue weighted by molar-refractivity contribution is 7.92. The maximum Gasteiger partial charge on any atom is 0.229 e. The van der Waals surface area contributed by atoms with Crippen LogP contribution in [0.15, 0.2) is 60.7 Å². The van der Waals surface area contributed by atoms with Crippen LogP contribution in [0.3, 0.4) is 0 Å². The van der Waals surface area contributed by atoms with E-state index in [0.717, 1.165) is 55.7 Å². The van der Waals surface area contributed by atoms with E-state index in [-0.39, 0.29) is 29.1 Å². The molecule has 1 fully saturated rings. The van der Waals surface area contributed by atoms with Crippen LogP contribution in [0.25, 0.3) is 0 Å². The highest BCUT2D eigenvalue weighted by Gasteiger charge is 2.37. The zero-order valence-corrected chi connectivity index (χ0v) is 27.8. The zero-order chi connectivity index (χ0) is 32.3. The lowest BCUT2D eigenvalue weighted by Crippen LogP contribution is -2.54. The van der Waals surface area contributed by atoms with E-state index in [1.54, 1.807) is 13.0 Å². The molecule has 1 unspecified atom stereocenters. The number of amides is 1. The predicted molar refractivity (Wildman–Crippen MR) is 176 cm³/mol. The van der Waals surface area contributed by atoms with Gasteiger partial charge < -0.3 is 15.1 Å². The molecule has 2 N–H and O–H groups in total. The smallest absolute Gasteiger partial charge is 0.229 e. The maximum atomic E-state index is 14.6. The van der Waals surface area contributed by atoms with E-state index >= 15 is 0 Å². The molecule has 1 aromatic heterocycles. The molecule has 10 heteroatoms. The number of carbonyl (C=O) groups is 1. The van der Waals surface area contributed by atoms with Gasteiger partial charge in [0, 0.05) is 41.8 Å². The summed E-state index contributed by atoms with van der Waals surface area (Å²) in [6.07, 6.45) is 3.90. The van der Waals surface area contributed by atoms with Crippen molar-refractivity contribution >= 4 is 27.4 Å². The SMILES string of the molecule is CC(C(=O)NCc1ccc(C(C)(C)C)nc1N1CCC(Cc2ccccc2)(N(C)C)CC1)c1ccc(NS(C)(=O)=O)c(F)c1. The molecule has 3 aromatic rings. The fraction of sp³-hybridized carbons (Fsp3) is 0.471. The molecule has 0 saturated carbocycles. The highest BCUT2D eigenvalue weighted by Crippen LogP contribution is 2.35. The molecule has 44 heavy (non-hydrogen) atoms. The number of aromatic nitrogens is 1. The molecule has 0 aliphatic carbocycles. The van der Waals surface area contributed by atoms with Gasteiger partial charge in [-0.1, -0.05) is 63.2 Å². The van der Waals surface area contributed by atoms with Crippen molar-refractivity contribution in [2.45, 2.75) is 70.4 Å². The van der Waals surface area contributed by atoms with E-state index < -0.39 is 21.8 Å². The molecule has 0 spiro atoms. The number of carbonyl (C=O) groups excluding carboxylic acids is 1. The van der Waals surface area contributed by atoms with Crippen LogP contribution >= 0.6 is 0 Å². The van der Waals surface area contributed by atoms with Crippen LogP contribution in [0.5, 0.6) is 0 Å². The lowest BCUT2D eigenvalue weighted by molar-refractivity contribution is -0.122. The van der Waals surface area contributed by atoms with E-state index in [9.17, 15) is 17.6 Å². The topological polar surface area (TPSA) is 94.6 Å². The molecule has 1 saturated heterocycles. The van der Waals surface area contributed by atoms with Crippen molar-refractivity contribution in [2.75, 3.05) is 43.1 Å². The summed E-state index contributed by atoms with van der Waals surface area (Å²) >= 11 is 0. The molecule has 0 bridgehead atoms. The van der Waals surface area contributed by atoms with E-state index in [1.165, 1.54) is 17.7 Å². The van der Waals surface area contributed by atoms with Crippen LogP contribution in [-0.4, -0.2) is 63.2 Å². The minimum absolute atomic E-state index is 0.0466. The summed E-state index contributed by atoms with van der Waals surface area (Å²) in [6, 6.07) is 18.8. The Hall–Kier alpha value is -3.50. The standard InChI is InChI=1S/C34H46FN5O3S/c1-24(26-13-15-29(28(35)21-26)38-44(7,42)43)32(41)36-23-27-14-16-30(33(2,3)4)37-31(27)40-19-17-34(18-20-40,39(5)6)22-25-11-9-8-10-12-25/h8-16,21,24,38H,17-20,22-23H2,1-7H3,(H,36,41). The quantitative estimate of drug-likeness (QED) is 0.312. The van der Waals surface area contributed by atoms with E-state index in [4.69, 9.17) is 4.98 Å². The summed E-state index contributed by atoms with van der Waals surface area (Å²) in [6.45, 7) is 10.1. The number of hydrogen-bond donors (Lipinski definition) is 2. The third kappa shape index (κ3) is 8.15. The Kier molecular flexibility index (Phi) is 10.0. The molecule has 0 radical (unpaired) electrons. The van der Waals surface area contributed by atoms with Crippen molar-refractivity contribution < 1.29 is 17.6 Å². The molecule has 2 aromatic carbocycles. The lowest BCUT2D eigenvalue weighted by atomic mass is 9.80. The van der Waals surface area contributed by atoms with Gasteiger partial charge >= 0.3 is 0 Å². The number of piperidine rings is 1. The van der Waals surface area contributed by atoms with Gasteiger partial charge in [0.15, 0.2) is 0 Å². The molecule has 1 aliphatic heterocycles. The summed E-state index contributed by atoms with van der Waals surface area (Å²) in [7, 11) is 0.714. The first kappa shape index (κ1) is 33.4. The van der Waals surface area contributed by atoms with Crippen molar-refractivity contribution in [3.63, 3.8) is 0 Å². The van der Waals surface area contributed by atoms with Crippen LogP contribution in [0.4, 0.5) is 15.9 Å². The largest absolute Gasteiger partial charge is 0.356 e. The van der Waals surface area contributed by atoms with E-state index in [1.807, 2.05) is 6.07 Å². The molecule has 4 rings (SSSR count). The summed E-state index contributed by atoms with van der Waals surface area (Å²) in [5.41, 5.74) is 3.47. The number of nitrogens with zero attached hydrogens (tertiary/aromatic N) is 3. The number of benzene rings is 2. The van der Waals surface area contributed by atoms with Crippen molar-refractivity contribution in [3.8, 4) is 0 Å². The molecule has 2 heterocycles. The Labute approximate surface area is 262 Å². The van der Waals surface area contributed by atoms with E-state index in [2.05, 4.69) is 91.1 Å². The summed E-state index contributed by atoms with van der Waals surface area (Å²) in [5.74, 6) is -0.745. The third-order valence-electron chi connectivity index (χ3n) is 8.68. The number of anilines is 2. The van der Waals surface area contributed by atoms with Crippen molar-refractivity contribution in [2.24, 2.45) is 0 Å². The van der Waals surface area contributed by atoms with Crippen LogP contribution in [0, 0.1) is 5.82 Å². The van der Waals surface area contributed by atoms with Gasteiger partial charge in [-0.3, -0.25) is 9.52 Å². The minimum Gasteiger partial charge on any atom is -0.356 e. The van der Waals surface area contributed by atoms with Crippen molar-refractivity contribution in [3.05, 3.63) is 88.9 Å². The Bertz CT molecular complexity index is 1560. The van der Waals surface area contributed by atoms with Crippen molar-refractivity contribution in [1.29, 1.82) is 0 Å². The van der Waals surface area contributed by atoms with Crippen molar-refractivity contribution in [1.82, 2.24) is 15.2 Å². The zero-order valence-electron chi connectivity index (χ0n) is 26.9. The number of halogens is 1. The molecule has 8 nitrogen and oxygen atoms in total. The third-order valence-corrected chi connectivity index (χ3v) is 9.27. The van der Waals surface area contributed by atoms with Gasteiger partial charge in [0.25, 0.3) is 0 Å². The Morgan fingerprint density at radius 2 is 1.73 bits per heavy atom. The van der Waals surface area contributed by atoms with Crippen LogP contribution in [0.2, 0.25) is 0 Å². The van der Waals surface area contributed by atoms with Crippen LogP contribution in [-0.2, 0) is 33.2 Å². The number of nitrogens with one attached hydrogen (secondary N) is 2. The summed E-state index contributed by atoms with van der Waals surface area (Å²) < 4.78 is 39.7. The monoisotopic (exact) mass is 623 g/mol. The fourth-order valence-corrected chi connectivity index (χ4v) is 6.33. The number of rotatable bonds is 10. The van der Waals surface area contributed by atoms with Crippen LogP contribution < -0.4 is 14.9 Å². The lowest BCUT2D eigenvalue weighted by Gasteiger charge is -2.47.